The third-order valence-corrected chi connectivity index (χ3v) is 5.69. The molecule has 3 heterocycles. The molecule has 0 aliphatic carbocycles. The Kier molecular flexibility index (Phi) is 5.35. The topological polar surface area (TPSA) is 82.1 Å². The van der Waals surface area contributed by atoms with Crippen molar-refractivity contribution in [3.05, 3.63) is 72.4 Å². The molecule has 0 saturated heterocycles. The number of benzene rings is 2. The first kappa shape index (κ1) is 19.9. The molecule has 5 rings (SSSR count). The molecule has 2 aromatic carbocycles. The number of hydrogen-bond donors (Lipinski definition) is 1. The predicted octanol–water partition coefficient (Wildman–Crippen LogP) is 5.58. The third-order valence-electron chi connectivity index (χ3n) is 4.94. The number of pyridine rings is 1. The van der Waals surface area contributed by atoms with E-state index >= 15 is 0 Å². The maximum Gasteiger partial charge on any atom is 0.188 e. The molecule has 0 atom stereocenters. The lowest BCUT2D eigenvalue weighted by atomic mass is 10.1. The fraction of sp³-hybridized carbons (Fsp3) is 0.0833. The van der Waals surface area contributed by atoms with Crippen LogP contribution in [0.3, 0.4) is 0 Å². The van der Waals surface area contributed by atoms with Crippen LogP contribution in [0.25, 0.3) is 33.5 Å². The zero-order valence-corrected chi connectivity index (χ0v) is 18.3. The highest BCUT2D eigenvalue weighted by Crippen LogP contribution is 2.34. The summed E-state index contributed by atoms with van der Waals surface area (Å²) in [5, 5.41) is 6.92. The van der Waals surface area contributed by atoms with Crippen LogP contribution in [0.2, 0.25) is 0 Å². The van der Waals surface area contributed by atoms with Crippen molar-refractivity contribution in [1.82, 2.24) is 19.9 Å². The highest BCUT2D eigenvalue weighted by atomic mass is 32.1. The number of hydrogen-bond acceptors (Lipinski definition) is 8. The second-order valence-electron chi connectivity index (χ2n) is 6.88. The van der Waals surface area contributed by atoms with E-state index in [1.165, 1.54) is 11.3 Å². The summed E-state index contributed by atoms with van der Waals surface area (Å²) in [6.07, 6.45) is 3.47. The first-order chi connectivity index (χ1) is 15.7. The van der Waals surface area contributed by atoms with Gasteiger partial charge in [-0.3, -0.25) is 4.98 Å². The van der Waals surface area contributed by atoms with Crippen molar-refractivity contribution in [3.63, 3.8) is 0 Å². The van der Waals surface area contributed by atoms with Gasteiger partial charge in [-0.15, -0.1) is 11.3 Å². The number of para-hydroxylation sites is 1. The van der Waals surface area contributed by atoms with Crippen LogP contribution in [0.4, 0.5) is 10.9 Å². The predicted molar refractivity (Wildman–Crippen MR) is 127 cm³/mol. The van der Waals surface area contributed by atoms with Gasteiger partial charge in [-0.2, -0.15) is 0 Å². The van der Waals surface area contributed by atoms with Gasteiger partial charge in [0.2, 0.25) is 0 Å². The Morgan fingerprint density at radius 1 is 0.906 bits per heavy atom. The van der Waals surface area contributed by atoms with E-state index in [1.807, 2.05) is 60.0 Å². The fourth-order valence-electron chi connectivity index (χ4n) is 3.37. The average Bonchev–Trinajstić information content (AvgIpc) is 3.32. The zero-order valence-electron chi connectivity index (χ0n) is 17.4. The van der Waals surface area contributed by atoms with Gasteiger partial charge in [-0.1, -0.05) is 12.1 Å². The molecule has 0 unspecified atom stereocenters. The van der Waals surface area contributed by atoms with Crippen molar-refractivity contribution in [2.75, 3.05) is 19.5 Å². The Balaban J connectivity index is 1.58. The summed E-state index contributed by atoms with van der Waals surface area (Å²) in [5.74, 6) is 2.74. The molecule has 158 valence electrons. The number of thiazole rings is 1. The molecule has 0 fully saturated rings. The Hall–Kier alpha value is -4.04. The summed E-state index contributed by atoms with van der Waals surface area (Å²) in [6.45, 7) is 0. The third kappa shape index (κ3) is 3.83. The number of aromatic nitrogens is 4. The quantitative estimate of drug-likeness (QED) is 0.368. The van der Waals surface area contributed by atoms with Crippen LogP contribution in [0.1, 0.15) is 0 Å². The van der Waals surface area contributed by atoms with Gasteiger partial charge in [0.1, 0.15) is 17.3 Å². The maximum absolute atomic E-state index is 5.48. The smallest absolute Gasteiger partial charge is 0.188 e. The molecular formula is C24H19N5O2S. The van der Waals surface area contributed by atoms with E-state index in [9.17, 15) is 0 Å². The Labute approximate surface area is 188 Å². The summed E-state index contributed by atoms with van der Waals surface area (Å²) in [5.41, 5.74) is 3.40. The normalized spacial score (nSPS) is 10.8. The number of methoxy groups -OCH3 is 2. The van der Waals surface area contributed by atoms with Gasteiger partial charge < -0.3 is 14.8 Å². The van der Waals surface area contributed by atoms with Crippen molar-refractivity contribution in [1.29, 1.82) is 0 Å². The van der Waals surface area contributed by atoms with Crippen molar-refractivity contribution in [2.45, 2.75) is 0 Å². The van der Waals surface area contributed by atoms with Crippen molar-refractivity contribution >= 4 is 33.2 Å². The summed E-state index contributed by atoms with van der Waals surface area (Å²) in [7, 11) is 3.30. The summed E-state index contributed by atoms with van der Waals surface area (Å²) < 4.78 is 10.9. The lowest BCUT2D eigenvalue weighted by Crippen LogP contribution is -2.00. The molecule has 0 aliphatic heterocycles. The van der Waals surface area contributed by atoms with Gasteiger partial charge >= 0.3 is 0 Å². The Bertz CT molecular complexity index is 1390. The Morgan fingerprint density at radius 3 is 2.62 bits per heavy atom. The number of nitrogens with zero attached hydrogens (tertiary/aromatic N) is 4. The monoisotopic (exact) mass is 441 g/mol. The molecule has 3 aromatic heterocycles. The minimum Gasteiger partial charge on any atom is -0.497 e. The van der Waals surface area contributed by atoms with Gasteiger partial charge in [0.25, 0.3) is 0 Å². The minimum atomic E-state index is 0.583. The molecule has 7 nitrogen and oxygen atoms in total. The molecule has 0 bridgehead atoms. The summed E-state index contributed by atoms with van der Waals surface area (Å²) in [4.78, 5) is 18.5. The van der Waals surface area contributed by atoms with Crippen LogP contribution in [-0.2, 0) is 0 Å². The Morgan fingerprint density at radius 2 is 1.81 bits per heavy atom. The lowest BCUT2D eigenvalue weighted by molar-refractivity contribution is 0.415. The van der Waals surface area contributed by atoms with E-state index in [4.69, 9.17) is 24.4 Å². The number of fused-ring (bicyclic) bond motifs is 1. The van der Waals surface area contributed by atoms with Crippen molar-refractivity contribution < 1.29 is 9.47 Å². The maximum atomic E-state index is 5.48. The molecule has 0 aliphatic rings. The zero-order chi connectivity index (χ0) is 21.9. The second kappa shape index (κ2) is 8.60. The minimum absolute atomic E-state index is 0.583. The summed E-state index contributed by atoms with van der Waals surface area (Å²) >= 11 is 1.50. The van der Waals surface area contributed by atoms with E-state index in [1.54, 1.807) is 26.6 Å². The van der Waals surface area contributed by atoms with Crippen LogP contribution in [-0.4, -0.2) is 34.2 Å². The highest BCUT2D eigenvalue weighted by Gasteiger charge is 2.14. The molecule has 5 aromatic rings. The lowest BCUT2D eigenvalue weighted by Gasteiger charge is -2.10. The highest BCUT2D eigenvalue weighted by molar-refractivity contribution is 7.14. The number of anilines is 2. The molecular weight excluding hydrogens is 422 g/mol. The average molecular weight is 442 g/mol. The SMILES string of the molecule is COc1ccc2nc(-c3cccnc3)nc(Nc3nc(-c4ccccc4OC)cs3)c2c1. The van der Waals surface area contributed by atoms with Crippen LogP contribution in [0.5, 0.6) is 11.5 Å². The molecule has 0 spiro atoms. The van der Waals surface area contributed by atoms with Crippen molar-refractivity contribution in [3.8, 4) is 34.1 Å². The molecule has 8 heteroatoms. The van der Waals surface area contributed by atoms with E-state index in [0.29, 0.717) is 16.8 Å². The summed E-state index contributed by atoms with van der Waals surface area (Å²) in [6, 6.07) is 17.3. The standard InChI is InChI=1S/C24H19N5O2S/c1-30-16-9-10-19-18(12-16)23(28-22(26-19)15-6-5-11-25-13-15)29-24-27-20(14-32-24)17-7-3-4-8-21(17)31-2/h3-14H,1-2H3,(H,26,27,28,29). The van der Waals surface area contributed by atoms with E-state index < -0.39 is 0 Å². The van der Waals surface area contributed by atoms with Crippen LogP contribution >= 0.6 is 11.3 Å². The first-order valence-corrected chi connectivity index (χ1v) is 10.8. The molecule has 0 saturated carbocycles. The van der Waals surface area contributed by atoms with E-state index in [-0.39, 0.29) is 0 Å². The number of nitrogens with one attached hydrogen (secondary N) is 1. The van der Waals surface area contributed by atoms with Gasteiger partial charge in [-0.05, 0) is 42.5 Å². The molecule has 0 radical (unpaired) electrons. The fourth-order valence-corrected chi connectivity index (χ4v) is 4.08. The number of ether oxygens (including phenoxy) is 2. The van der Waals surface area contributed by atoms with Gasteiger partial charge in [-0.25, -0.2) is 15.0 Å². The van der Waals surface area contributed by atoms with Crippen LogP contribution in [0.15, 0.2) is 72.4 Å². The molecule has 32 heavy (non-hydrogen) atoms. The van der Waals surface area contributed by atoms with Crippen molar-refractivity contribution in [2.24, 2.45) is 0 Å². The van der Waals surface area contributed by atoms with E-state index in [2.05, 4.69) is 10.3 Å². The second-order valence-corrected chi connectivity index (χ2v) is 7.74. The van der Waals surface area contributed by atoms with Crippen LogP contribution in [0, 0.1) is 0 Å². The molecule has 0 amide bonds. The number of rotatable bonds is 6. The largest absolute Gasteiger partial charge is 0.497 e. The van der Waals surface area contributed by atoms with E-state index in [0.717, 1.165) is 39.2 Å². The van der Waals surface area contributed by atoms with Gasteiger partial charge in [0.15, 0.2) is 11.0 Å². The first-order valence-electron chi connectivity index (χ1n) is 9.87. The van der Waals surface area contributed by atoms with Gasteiger partial charge in [0, 0.05) is 34.3 Å². The van der Waals surface area contributed by atoms with Gasteiger partial charge in [0.05, 0.1) is 25.4 Å². The van der Waals surface area contributed by atoms with Crippen LogP contribution < -0.4 is 14.8 Å². The molecule has 1 N–H and O–H groups in total.